The number of nitrogens with one attached hydrogen (secondary N) is 1. The lowest BCUT2D eigenvalue weighted by Crippen LogP contribution is -2.36. The van der Waals surface area contributed by atoms with Crippen molar-refractivity contribution in [1.82, 2.24) is 9.88 Å². The molecule has 100 valence electrons. The van der Waals surface area contributed by atoms with E-state index < -0.39 is 0 Å². The number of pyridine rings is 1. The molecule has 2 N–H and O–H groups in total. The van der Waals surface area contributed by atoms with Crippen LogP contribution in [0.5, 0.6) is 0 Å². The smallest absolute Gasteiger partial charge is 0.250 e. The predicted molar refractivity (Wildman–Crippen MR) is 69.2 cm³/mol. The average molecular weight is 252 g/mol. The molecule has 0 saturated carbocycles. The van der Waals surface area contributed by atoms with Gasteiger partial charge in [-0.2, -0.15) is 0 Å². The number of nitrogens with zero attached hydrogens (tertiary/aromatic N) is 1. The van der Waals surface area contributed by atoms with Crippen LogP contribution in [0.2, 0.25) is 0 Å². The van der Waals surface area contributed by atoms with Gasteiger partial charge in [0.2, 0.25) is 5.91 Å². The molecule has 1 aromatic heterocycles. The molecule has 1 amide bonds. The molecule has 5 heteroatoms. The number of carbonyl (C=O) groups excluding carboxylic acids is 1. The summed E-state index contributed by atoms with van der Waals surface area (Å²) in [5.74, 6) is -0.0916. The number of rotatable bonds is 7. The summed E-state index contributed by atoms with van der Waals surface area (Å²) in [5.41, 5.74) is -0.104. The normalized spacial score (nSPS) is 12.1. The lowest BCUT2D eigenvalue weighted by Gasteiger charge is -2.15. The van der Waals surface area contributed by atoms with Gasteiger partial charge in [0.25, 0.3) is 5.56 Å². The molecular formula is C13H20N2O3. The minimum absolute atomic E-state index is 0.00925. The van der Waals surface area contributed by atoms with Gasteiger partial charge in [-0.05, 0) is 18.9 Å². The first-order valence-electron chi connectivity index (χ1n) is 6.23. The highest BCUT2D eigenvalue weighted by Gasteiger charge is 2.09. The molecule has 18 heavy (non-hydrogen) atoms. The third-order valence-corrected chi connectivity index (χ3v) is 2.81. The van der Waals surface area contributed by atoms with Crippen molar-refractivity contribution in [2.75, 3.05) is 6.61 Å². The molecule has 0 aliphatic carbocycles. The van der Waals surface area contributed by atoms with Crippen LogP contribution >= 0.6 is 0 Å². The van der Waals surface area contributed by atoms with E-state index in [1.165, 1.54) is 10.6 Å². The van der Waals surface area contributed by atoms with E-state index in [1.807, 2.05) is 6.92 Å². The van der Waals surface area contributed by atoms with Crippen molar-refractivity contribution in [1.29, 1.82) is 0 Å². The van der Waals surface area contributed by atoms with Crippen molar-refractivity contribution >= 4 is 5.91 Å². The zero-order chi connectivity index (χ0) is 13.4. The number of aliphatic hydroxyl groups excluding tert-OH is 1. The average Bonchev–Trinajstić information content (AvgIpc) is 2.37. The van der Waals surface area contributed by atoms with Crippen molar-refractivity contribution in [2.45, 2.75) is 38.8 Å². The van der Waals surface area contributed by atoms with E-state index in [9.17, 15) is 9.59 Å². The van der Waals surface area contributed by atoms with Crippen LogP contribution in [0.25, 0.3) is 0 Å². The van der Waals surface area contributed by atoms with Gasteiger partial charge in [0, 0.05) is 37.9 Å². The first-order chi connectivity index (χ1) is 8.67. The summed E-state index contributed by atoms with van der Waals surface area (Å²) >= 11 is 0. The van der Waals surface area contributed by atoms with Crippen molar-refractivity contribution in [3.05, 3.63) is 34.7 Å². The van der Waals surface area contributed by atoms with Crippen LogP contribution in [-0.2, 0) is 11.3 Å². The van der Waals surface area contributed by atoms with Crippen molar-refractivity contribution < 1.29 is 9.90 Å². The van der Waals surface area contributed by atoms with E-state index in [-0.39, 0.29) is 30.5 Å². The zero-order valence-corrected chi connectivity index (χ0v) is 10.6. The molecule has 0 fully saturated rings. The van der Waals surface area contributed by atoms with Gasteiger partial charge in [-0.1, -0.05) is 13.0 Å². The molecule has 1 rings (SSSR count). The van der Waals surface area contributed by atoms with Crippen LogP contribution in [0.15, 0.2) is 29.2 Å². The molecule has 1 unspecified atom stereocenters. The minimum Gasteiger partial charge on any atom is -0.396 e. The van der Waals surface area contributed by atoms with Crippen molar-refractivity contribution in [2.24, 2.45) is 0 Å². The summed E-state index contributed by atoms with van der Waals surface area (Å²) in [5, 5.41) is 11.7. The van der Waals surface area contributed by atoms with Gasteiger partial charge in [0.15, 0.2) is 0 Å². The Kier molecular flexibility index (Phi) is 6.14. The second kappa shape index (κ2) is 7.66. The maximum Gasteiger partial charge on any atom is 0.250 e. The van der Waals surface area contributed by atoms with E-state index in [2.05, 4.69) is 5.32 Å². The number of amides is 1. The Morgan fingerprint density at radius 2 is 2.28 bits per heavy atom. The summed E-state index contributed by atoms with van der Waals surface area (Å²) in [4.78, 5) is 23.1. The molecule has 0 aromatic carbocycles. The van der Waals surface area contributed by atoms with E-state index >= 15 is 0 Å². The fourth-order valence-corrected chi connectivity index (χ4v) is 1.70. The van der Waals surface area contributed by atoms with Gasteiger partial charge in [0.05, 0.1) is 0 Å². The second-order valence-electron chi connectivity index (χ2n) is 4.17. The third-order valence-electron chi connectivity index (χ3n) is 2.81. The fourth-order valence-electron chi connectivity index (χ4n) is 1.70. The second-order valence-corrected chi connectivity index (χ2v) is 4.17. The lowest BCUT2D eigenvalue weighted by atomic mass is 10.1. The van der Waals surface area contributed by atoms with Crippen molar-refractivity contribution in [3.8, 4) is 0 Å². The quantitative estimate of drug-likeness (QED) is 0.743. The highest BCUT2D eigenvalue weighted by atomic mass is 16.3. The van der Waals surface area contributed by atoms with Gasteiger partial charge in [-0.15, -0.1) is 0 Å². The van der Waals surface area contributed by atoms with Gasteiger partial charge in [0.1, 0.15) is 0 Å². The Hall–Kier alpha value is -1.62. The number of carbonyl (C=O) groups is 1. The number of hydrogen-bond donors (Lipinski definition) is 2. The van der Waals surface area contributed by atoms with E-state index in [0.717, 1.165) is 6.42 Å². The number of aryl methyl sites for hydroxylation is 1. The Bertz CT molecular complexity index is 428. The predicted octanol–water partition coefficient (Wildman–Crippen LogP) is 0.516. The molecule has 1 atom stereocenters. The summed E-state index contributed by atoms with van der Waals surface area (Å²) in [6, 6.07) is 4.92. The molecule has 1 heterocycles. The van der Waals surface area contributed by atoms with Crippen LogP contribution in [-0.4, -0.2) is 28.2 Å². The molecule has 5 nitrogen and oxygen atoms in total. The Labute approximate surface area is 106 Å². The van der Waals surface area contributed by atoms with Crippen LogP contribution in [0.1, 0.15) is 26.2 Å². The molecule has 1 aromatic rings. The molecule has 0 radical (unpaired) electrons. The highest BCUT2D eigenvalue weighted by molar-refractivity contribution is 5.76. The van der Waals surface area contributed by atoms with Gasteiger partial charge in [-0.25, -0.2) is 0 Å². The Balaban J connectivity index is 2.42. The van der Waals surface area contributed by atoms with Gasteiger partial charge in [-0.3, -0.25) is 9.59 Å². The molecule has 0 spiro atoms. The highest BCUT2D eigenvalue weighted by Crippen LogP contribution is 1.97. The Morgan fingerprint density at radius 1 is 1.50 bits per heavy atom. The van der Waals surface area contributed by atoms with Crippen LogP contribution in [0.4, 0.5) is 0 Å². The number of aromatic nitrogens is 1. The van der Waals surface area contributed by atoms with Gasteiger partial charge >= 0.3 is 0 Å². The van der Waals surface area contributed by atoms with E-state index in [4.69, 9.17) is 5.11 Å². The first kappa shape index (κ1) is 14.4. The van der Waals surface area contributed by atoms with E-state index in [1.54, 1.807) is 18.3 Å². The lowest BCUT2D eigenvalue weighted by molar-refractivity contribution is -0.122. The van der Waals surface area contributed by atoms with Crippen LogP contribution < -0.4 is 10.9 Å². The molecular weight excluding hydrogens is 232 g/mol. The summed E-state index contributed by atoms with van der Waals surface area (Å²) < 4.78 is 1.51. The summed E-state index contributed by atoms with van der Waals surface area (Å²) in [7, 11) is 0. The van der Waals surface area contributed by atoms with Gasteiger partial charge < -0.3 is 15.0 Å². The maximum absolute atomic E-state index is 11.7. The Morgan fingerprint density at radius 3 is 2.89 bits per heavy atom. The van der Waals surface area contributed by atoms with E-state index in [0.29, 0.717) is 13.0 Å². The molecule has 0 aliphatic heterocycles. The SMILES string of the molecule is CCC(CCO)NC(=O)CCn1ccccc1=O. The number of hydrogen-bond acceptors (Lipinski definition) is 3. The third kappa shape index (κ3) is 4.71. The monoisotopic (exact) mass is 252 g/mol. The number of aliphatic hydroxyl groups is 1. The molecule has 0 bridgehead atoms. The topological polar surface area (TPSA) is 71.3 Å². The van der Waals surface area contributed by atoms with Crippen molar-refractivity contribution in [3.63, 3.8) is 0 Å². The molecule has 0 aliphatic rings. The summed E-state index contributed by atoms with van der Waals surface area (Å²) in [6.07, 6.45) is 3.29. The standard InChI is InChI=1S/C13H20N2O3/c1-2-11(7-10-16)14-12(17)6-9-15-8-4-3-5-13(15)18/h3-5,8,11,16H,2,6-7,9-10H2,1H3,(H,14,17). The van der Waals surface area contributed by atoms with Crippen LogP contribution in [0.3, 0.4) is 0 Å². The zero-order valence-electron chi connectivity index (χ0n) is 10.6. The fraction of sp³-hybridized carbons (Fsp3) is 0.538. The largest absolute Gasteiger partial charge is 0.396 e. The minimum atomic E-state index is -0.104. The summed E-state index contributed by atoms with van der Waals surface area (Å²) in [6.45, 7) is 2.40. The maximum atomic E-state index is 11.7. The molecule has 0 saturated heterocycles. The first-order valence-corrected chi connectivity index (χ1v) is 6.23. The van der Waals surface area contributed by atoms with Crippen LogP contribution in [0, 0.1) is 0 Å².